The summed E-state index contributed by atoms with van der Waals surface area (Å²) in [5, 5.41) is 17.0. The second-order valence-electron chi connectivity index (χ2n) is 7.03. The molecular formula is C17H28N4O2. The molecule has 1 saturated carbocycles. The highest BCUT2D eigenvalue weighted by Crippen LogP contribution is 2.37. The van der Waals surface area contributed by atoms with E-state index < -0.39 is 0 Å². The Balaban J connectivity index is 1.53. The van der Waals surface area contributed by atoms with Gasteiger partial charge >= 0.3 is 0 Å². The number of hydrogen-bond acceptors (Lipinski definition) is 4. The summed E-state index contributed by atoms with van der Waals surface area (Å²) in [6, 6.07) is -0.0269. The number of nitrogens with one attached hydrogen (secondary N) is 1. The summed E-state index contributed by atoms with van der Waals surface area (Å²) in [5.74, 6) is 0.416. The summed E-state index contributed by atoms with van der Waals surface area (Å²) in [6.45, 7) is 3.08. The van der Waals surface area contributed by atoms with Crippen molar-refractivity contribution in [3.63, 3.8) is 0 Å². The first kappa shape index (κ1) is 16.5. The SMILES string of the molecule is Cn1cc([C@@H](NC(=O)CCN2CCCCC2)C2CC(O)C2)cn1. The van der Waals surface area contributed by atoms with Gasteiger partial charge in [0.15, 0.2) is 0 Å². The zero-order chi connectivity index (χ0) is 16.2. The normalized spacial score (nSPS) is 26.5. The third-order valence-corrected chi connectivity index (χ3v) is 5.13. The lowest BCUT2D eigenvalue weighted by Gasteiger charge is -2.37. The van der Waals surface area contributed by atoms with Crippen LogP contribution in [0.1, 0.15) is 50.1 Å². The molecule has 3 rings (SSSR count). The quantitative estimate of drug-likeness (QED) is 0.827. The van der Waals surface area contributed by atoms with Crippen molar-refractivity contribution in [2.24, 2.45) is 13.0 Å². The smallest absolute Gasteiger partial charge is 0.221 e. The second-order valence-corrected chi connectivity index (χ2v) is 7.03. The monoisotopic (exact) mass is 320 g/mol. The molecule has 0 bridgehead atoms. The summed E-state index contributed by atoms with van der Waals surface area (Å²) in [5.41, 5.74) is 1.04. The number of hydrogen-bond donors (Lipinski definition) is 2. The van der Waals surface area contributed by atoms with E-state index in [1.54, 1.807) is 4.68 Å². The lowest BCUT2D eigenvalue weighted by molar-refractivity contribution is -0.123. The van der Waals surface area contributed by atoms with Crippen LogP contribution in [0.3, 0.4) is 0 Å². The Morgan fingerprint density at radius 2 is 2.13 bits per heavy atom. The van der Waals surface area contributed by atoms with Gasteiger partial charge in [0.2, 0.25) is 5.91 Å². The predicted molar refractivity (Wildman–Crippen MR) is 87.7 cm³/mol. The standard InChI is InChI=1S/C17H28N4O2/c1-20-12-14(11-18-20)17(13-9-15(22)10-13)19-16(23)5-8-21-6-3-2-4-7-21/h11-13,15,17,22H,2-10H2,1H3,(H,19,23)/t13?,15?,17-/m0/s1. The van der Waals surface area contributed by atoms with Gasteiger partial charge in [0, 0.05) is 31.8 Å². The fourth-order valence-electron chi connectivity index (χ4n) is 3.66. The van der Waals surface area contributed by atoms with Gasteiger partial charge in [-0.25, -0.2) is 0 Å². The minimum absolute atomic E-state index is 0.0269. The first-order valence-electron chi connectivity index (χ1n) is 8.80. The first-order chi connectivity index (χ1) is 11.1. The molecule has 2 N–H and O–H groups in total. The average Bonchev–Trinajstić information content (AvgIpc) is 2.95. The molecular weight excluding hydrogens is 292 g/mol. The van der Waals surface area contributed by atoms with Gasteiger partial charge in [-0.15, -0.1) is 0 Å². The lowest BCUT2D eigenvalue weighted by Crippen LogP contribution is -2.42. The molecule has 128 valence electrons. The maximum atomic E-state index is 12.4. The number of likely N-dealkylation sites (tertiary alicyclic amines) is 1. The van der Waals surface area contributed by atoms with Crippen LogP contribution < -0.4 is 5.32 Å². The molecule has 1 aliphatic heterocycles. The molecule has 0 spiro atoms. The molecule has 0 unspecified atom stereocenters. The van der Waals surface area contributed by atoms with Gasteiger partial charge in [-0.2, -0.15) is 5.10 Å². The van der Waals surface area contributed by atoms with Crippen molar-refractivity contribution in [3.05, 3.63) is 18.0 Å². The Morgan fingerprint density at radius 3 is 2.74 bits per heavy atom. The highest BCUT2D eigenvalue weighted by Gasteiger charge is 2.36. The van der Waals surface area contributed by atoms with Crippen LogP contribution in [-0.4, -0.2) is 51.4 Å². The number of aryl methyl sites for hydroxylation is 1. The predicted octanol–water partition coefficient (Wildman–Crippen LogP) is 1.22. The highest BCUT2D eigenvalue weighted by molar-refractivity contribution is 5.76. The van der Waals surface area contributed by atoms with E-state index in [-0.39, 0.29) is 18.1 Å². The third kappa shape index (κ3) is 4.32. The Morgan fingerprint density at radius 1 is 1.39 bits per heavy atom. The van der Waals surface area contributed by atoms with Crippen LogP contribution in [0.15, 0.2) is 12.4 Å². The van der Waals surface area contributed by atoms with E-state index in [9.17, 15) is 9.90 Å². The Bertz CT molecular complexity index is 518. The van der Waals surface area contributed by atoms with Crippen LogP contribution in [-0.2, 0) is 11.8 Å². The molecule has 2 heterocycles. The number of rotatable bonds is 6. The summed E-state index contributed by atoms with van der Waals surface area (Å²) in [7, 11) is 1.88. The molecule has 1 aliphatic carbocycles. The van der Waals surface area contributed by atoms with Gasteiger partial charge in [-0.1, -0.05) is 6.42 Å². The Kier molecular flexibility index (Phi) is 5.33. The van der Waals surface area contributed by atoms with E-state index in [1.807, 2.05) is 19.4 Å². The number of carbonyl (C=O) groups is 1. The zero-order valence-corrected chi connectivity index (χ0v) is 13.9. The molecule has 1 aromatic rings. The summed E-state index contributed by atoms with van der Waals surface area (Å²) in [6.07, 6.45) is 9.43. The summed E-state index contributed by atoms with van der Waals surface area (Å²) >= 11 is 0. The van der Waals surface area contributed by atoms with E-state index in [0.717, 1.165) is 38.0 Å². The van der Waals surface area contributed by atoms with Crippen molar-refractivity contribution in [1.29, 1.82) is 0 Å². The Labute approximate surface area is 137 Å². The molecule has 1 saturated heterocycles. The van der Waals surface area contributed by atoms with Crippen LogP contribution in [0, 0.1) is 5.92 Å². The summed E-state index contributed by atoms with van der Waals surface area (Å²) in [4.78, 5) is 14.8. The lowest BCUT2D eigenvalue weighted by atomic mass is 9.75. The van der Waals surface area contributed by atoms with Crippen LogP contribution >= 0.6 is 0 Å². The minimum Gasteiger partial charge on any atom is -0.393 e. The highest BCUT2D eigenvalue weighted by atomic mass is 16.3. The molecule has 1 atom stereocenters. The zero-order valence-electron chi connectivity index (χ0n) is 13.9. The molecule has 1 aromatic heterocycles. The van der Waals surface area contributed by atoms with Gasteiger partial charge in [0.25, 0.3) is 0 Å². The number of nitrogens with zero attached hydrogens (tertiary/aromatic N) is 3. The topological polar surface area (TPSA) is 70.4 Å². The molecule has 1 amide bonds. The molecule has 23 heavy (non-hydrogen) atoms. The third-order valence-electron chi connectivity index (χ3n) is 5.13. The average molecular weight is 320 g/mol. The van der Waals surface area contributed by atoms with Gasteiger partial charge in [0.05, 0.1) is 18.3 Å². The molecule has 0 aromatic carbocycles. The summed E-state index contributed by atoms with van der Waals surface area (Å²) < 4.78 is 1.76. The van der Waals surface area contributed by atoms with Crippen LogP contribution in [0.2, 0.25) is 0 Å². The van der Waals surface area contributed by atoms with Gasteiger partial charge in [-0.05, 0) is 44.7 Å². The van der Waals surface area contributed by atoms with Gasteiger partial charge in [0.1, 0.15) is 0 Å². The molecule has 6 nitrogen and oxygen atoms in total. The van der Waals surface area contributed by atoms with Crippen molar-refractivity contribution in [1.82, 2.24) is 20.0 Å². The molecule has 2 aliphatic rings. The Hall–Kier alpha value is -1.40. The second kappa shape index (κ2) is 7.45. The van der Waals surface area contributed by atoms with E-state index in [4.69, 9.17) is 0 Å². The maximum absolute atomic E-state index is 12.4. The van der Waals surface area contributed by atoms with E-state index in [2.05, 4.69) is 15.3 Å². The number of aliphatic hydroxyl groups is 1. The van der Waals surface area contributed by atoms with Crippen molar-refractivity contribution >= 4 is 5.91 Å². The van der Waals surface area contributed by atoms with Crippen LogP contribution in [0.4, 0.5) is 0 Å². The molecule has 0 radical (unpaired) electrons. The number of carbonyl (C=O) groups excluding carboxylic acids is 1. The first-order valence-corrected chi connectivity index (χ1v) is 8.80. The van der Waals surface area contributed by atoms with Crippen molar-refractivity contribution in [2.45, 2.75) is 50.7 Å². The van der Waals surface area contributed by atoms with Crippen molar-refractivity contribution in [3.8, 4) is 0 Å². The number of aromatic nitrogens is 2. The van der Waals surface area contributed by atoms with Crippen LogP contribution in [0.5, 0.6) is 0 Å². The van der Waals surface area contributed by atoms with Crippen molar-refractivity contribution < 1.29 is 9.90 Å². The maximum Gasteiger partial charge on any atom is 0.221 e. The fourth-order valence-corrected chi connectivity index (χ4v) is 3.66. The van der Waals surface area contributed by atoms with Gasteiger partial charge < -0.3 is 15.3 Å². The molecule has 2 fully saturated rings. The number of amides is 1. The largest absolute Gasteiger partial charge is 0.393 e. The number of piperidine rings is 1. The number of aliphatic hydroxyl groups excluding tert-OH is 1. The fraction of sp³-hybridized carbons (Fsp3) is 0.765. The van der Waals surface area contributed by atoms with Crippen LogP contribution in [0.25, 0.3) is 0 Å². The van der Waals surface area contributed by atoms with E-state index in [1.165, 1.54) is 19.3 Å². The van der Waals surface area contributed by atoms with Crippen molar-refractivity contribution in [2.75, 3.05) is 19.6 Å². The van der Waals surface area contributed by atoms with E-state index in [0.29, 0.717) is 12.3 Å². The van der Waals surface area contributed by atoms with Gasteiger partial charge in [-0.3, -0.25) is 9.48 Å². The molecule has 6 heteroatoms. The minimum atomic E-state index is -0.218. The van der Waals surface area contributed by atoms with E-state index >= 15 is 0 Å².